The quantitative estimate of drug-likeness (QED) is 0.275. The van der Waals surface area contributed by atoms with Gasteiger partial charge in [-0.2, -0.15) is 0 Å². The van der Waals surface area contributed by atoms with Crippen molar-refractivity contribution in [1.29, 1.82) is 0 Å². The van der Waals surface area contributed by atoms with Crippen LogP contribution in [-0.2, 0) is 0 Å². The number of hydrogen-bond donors (Lipinski definition) is 0. The van der Waals surface area contributed by atoms with E-state index in [1.54, 1.807) is 24.5 Å². The van der Waals surface area contributed by atoms with Gasteiger partial charge in [-0.05, 0) is 12.1 Å². The van der Waals surface area contributed by atoms with Gasteiger partial charge in [0.1, 0.15) is 0 Å². The first kappa shape index (κ1) is 17.1. The second-order valence-corrected chi connectivity index (χ2v) is 4.76. The number of hydrogen-bond acceptors (Lipinski definition) is 2. The molecule has 4 nitrogen and oxygen atoms in total. The summed E-state index contributed by atoms with van der Waals surface area (Å²) in [5, 5.41) is 17.1. The van der Waals surface area contributed by atoms with Crippen molar-refractivity contribution in [2.45, 2.75) is 0 Å². The first-order valence-corrected chi connectivity index (χ1v) is 6.86. The van der Waals surface area contributed by atoms with Gasteiger partial charge in [0.05, 0.1) is 0 Å². The van der Waals surface area contributed by atoms with E-state index in [0.717, 1.165) is 21.8 Å². The fourth-order valence-electron chi connectivity index (χ4n) is 2.21. The largest absolute Gasteiger partial charge is 3.00 e. The Morgan fingerprint density at radius 2 is 0.957 bits per heavy atom. The number of fused-ring (bicyclic) bond motifs is 2. The van der Waals surface area contributed by atoms with Crippen LogP contribution in [0.25, 0.3) is 21.8 Å². The van der Waals surface area contributed by atoms with Crippen LogP contribution in [0, 0.1) is 0 Å². The van der Waals surface area contributed by atoms with Crippen LogP contribution in [-0.4, -0.2) is 46.4 Å². The molecular weight excluding hydrogens is 485 g/mol. The van der Waals surface area contributed by atoms with Crippen LogP contribution in [0.4, 0.5) is 0 Å². The van der Waals surface area contributed by atoms with Crippen molar-refractivity contribution in [1.82, 2.24) is 9.97 Å². The predicted octanol–water partition coefficient (Wildman–Crippen LogP) is 2.96. The van der Waals surface area contributed by atoms with Crippen molar-refractivity contribution < 1.29 is 10.2 Å². The van der Waals surface area contributed by atoms with Crippen molar-refractivity contribution >= 4 is 48.0 Å². The Labute approximate surface area is 152 Å². The Kier molecular flexibility index (Phi) is 5.83. The molecule has 0 unspecified atom stereocenters. The number of rotatable bonds is 0. The van der Waals surface area contributed by atoms with E-state index in [1.807, 2.05) is 48.5 Å². The van der Waals surface area contributed by atoms with E-state index in [0.29, 0.717) is 11.5 Å². The molecule has 2 heterocycles. The molecule has 110 valence electrons. The van der Waals surface area contributed by atoms with E-state index in [2.05, 4.69) is 9.97 Å². The summed E-state index contributed by atoms with van der Waals surface area (Å²) >= 11 is 0. The molecule has 4 N–H and O–H groups in total. The maximum absolute atomic E-state index is 7.50. The van der Waals surface area contributed by atoms with Crippen molar-refractivity contribution in [3.8, 4) is 11.5 Å². The minimum atomic E-state index is 0. The zero-order chi connectivity index (χ0) is 15.4. The third-order valence-electron chi connectivity index (χ3n) is 3.27. The standard InChI is InChI=1S/2C9H7NO.Bi/c2*11-8-5-1-3-7-4-2-6-10-9(7)8;/h2*1-6,11H;/q;;+3/p+2. The van der Waals surface area contributed by atoms with Gasteiger partial charge < -0.3 is 10.2 Å². The second kappa shape index (κ2) is 7.84. The van der Waals surface area contributed by atoms with E-state index >= 15 is 0 Å². The summed E-state index contributed by atoms with van der Waals surface area (Å²) in [6, 6.07) is 18.8. The van der Waals surface area contributed by atoms with Gasteiger partial charge >= 0.3 is 26.2 Å². The van der Waals surface area contributed by atoms with Crippen LogP contribution in [0.2, 0.25) is 0 Å². The minimum absolute atomic E-state index is 0. The Morgan fingerprint density at radius 3 is 1.35 bits per heavy atom. The Morgan fingerprint density at radius 1 is 0.565 bits per heavy atom. The minimum Gasteiger partial charge on any atom is -0.592 e. The molecule has 0 aliphatic heterocycles. The van der Waals surface area contributed by atoms with Gasteiger partial charge in [0, 0.05) is 35.3 Å². The van der Waals surface area contributed by atoms with Crippen LogP contribution in [0.1, 0.15) is 0 Å². The van der Waals surface area contributed by atoms with Crippen LogP contribution in [0.5, 0.6) is 11.5 Å². The third-order valence-corrected chi connectivity index (χ3v) is 3.27. The molecule has 0 aliphatic carbocycles. The fourth-order valence-corrected chi connectivity index (χ4v) is 2.21. The molecule has 0 saturated carbocycles. The predicted molar refractivity (Wildman–Crippen MR) is 95.4 cm³/mol. The second-order valence-electron chi connectivity index (χ2n) is 4.76. The molecule has 2 radical (unpaired) electrons. The molecule has 0 amide bonds. The molecular formula is C18H16BiN2O2+5. The molecule has 0 saturated heterocycles. The maximum Gasteiger partial charge on any atom is 3.00 e. The summed E-state index contributed by atoms with van der Waals surface area (Å²) in [6.45, 7) is 0. The van der Waals surface area contributed by atoms with Crippen molar-refractivity contribution in [3.63, 3.8) is 0 Å². The van der Waals surface area contributed by atoms with Crippen LogP contribution >= 0.6 is 0 Å². The summed E-state index contributed by atoms with van der Waals surface area (Å²) in [6.07, 6.45) is 3.42. The molecule has 0 atom stereocenters. The normalized spacial score (nSPS) is 9.74. The van der Waals surface area contributed by atoms with Crippen molar-refractivity contribution in [2.24, 2.45) is 0 Å². The maximum atomic E-state index is 7.50. The molecule has 2 aromatic heterocycles. The van der Waals surface area contributed by atoms with E-state index < -0.39 is 0 Å². The average molecular weight is 501 g/mol. The average Bonchev–Trinajstić information content (AvgIpc) is 2.57. The number of benzene rings is 2. The molecule has 23 heavy (non-hydrogen) atoms. The Bertz CT molecular complexity index is 841. The van der Waals surface area contributed by atoms with Gasteiger partial charge in [-0.25, -0.2) is 9.97 Å². The Balaban J connectivity index is 0.000000160. The molecule has 0 fully saturated rings. The molecule has 0 bridgehead atoms. The fraction of sp³-hybridized carbons (Fsp3) is 0. The third kappa shape index (κ3) is 3.94. The monoisotopic (exact) mass is 501 g/mol. The molecule has 4 aromatic rings. The molecule has 0 aliphatic rings. The van der Waals surface area contributed by atoms with Crippen molar-refractivity contribution in [2.75, 3.05) is 0 Å². The smallest absolute Gasteiger partial charge is 0.592 e. The number of para-hydroxylation sites is 2. The summed E-state index contributed by atoms with van der Waals surface area (Å²) in [4.78, 5) is 8.19. The van der Waals surface area contributed by atoms with Gasteiger partial charge in [-0.15, -0.1) is 0 Å². The summed E-state index contributed by atoms with van der Waals surface area (Å²) in [5.74, 6) is 0.978. The van der Waals surface area contributed by atoms with Crippen LogP contribution < -0.4 is 0 Å². The van der Waals surface area contributed by atoms with Gasteiger partial charge in [0.15, 0.2) is 11.0 Å². The van der Waals surface area contributed by atoms with E-state index in [-0.39, 0.29) is 26.2 Å². The molecule has 5 heteroatoms. The van der Waals surface area contributed by atoms with Gasteiger partial charge in [0.25, 0.3) is 11.5 Å². The summed E-state index contributed by atoms with van der Waals surface area (Å²) in [7, 11) is 0. The van der Waals surface area contributed by atoms with Crippen molar-refractivity contribution in [3.05, 3.63) is 73.1 Å². The number of nitrogens with zero attached hydrogens (tertiary/aromatic N) is 2. The molecule has 0 spiro atoms. The van der Waals surface area contributed by atoms with Gasteiger partial charge in [-0.1, -0.05) is 36.4 Å². The topological polar surface area (TPSA) is 71.6 Å². The SMILES string of the molecule is [Bi+3].[OH2+]c1cccc2cccnc12.[OH2+]c1cccc2cccnc12. The summed E-state index contributed by atoms with van der Waals surface area (Å²) < 4.78 is 0. The first-order chi connectivity index (χ1) is 10.8. The number of pyridine rings is 2. The van der Waals surface area contributed by atoms with Crippen LogP contribution in [0.15, 0.2) is 73.1 Å². The zero-order valence-corrected chi connectivity index (χ0v) is 15.7. The summed E-state index contributed by atoms with van der Waals surface area (Å²) in [5.41, 5.74) is 1.55. The number of aromatic nitrogens is 2. The molecule has 4 rings (SSSR count). The van der Waals surface area contributed by atoms with Crippen LogP contribution in [0.3, 0.4) is 0 Å². The first-order valence-electron chi connectivity index (χ1n) is 6.86. The van der Waals surface area contributed by atoms with Gasteiger partial charge in [-0.3, -0.25) is 0 Å². The zero-order valence-electron chi connectivity index (χ0n) is 12.3. The Hall–Kier alpha value is -2.26. The van der Waals surface area contributed by atoms with E-state index in [1.165, 1.54) is 0 Å². The van der Waals surface area contributed by atoms with E-state index in [9.17, 15) is 0 Å². The molecule has 2 aromatic carbocycles. The van der Waals surface area contributed by atoms with Gasteiger partial charge in [0.2, 0.25) is 0 Å². The van der Waals surface area contributed by atoms with E-state index in [4.69, 9.17) is 10.2 Å².